The normalized spacial score (nSPS) is 24.7. The largest absolute Gasteiger partial charge is 0.365 e. The lowest BCUT2D eigenvalue weighted by molar-refractivity contribution is -0.133. The smallest absolute Gasteiger partial charge is 0.244 e. The van der Waals surface area contributed by atoms with Crippen LogP contribution in [0, 0.1) is 0 Å². The van der Waals surface area contributed by atoms with E-state index in [1.54, 1.807) is 12.1 Å². The number of hydrogen-bond donors (Lipinski definition) is 2. The zero-order valence-electron chi connectivity index (χ0n) is 14.9. The molecule has 0 aromatic heterocycles. The fourth-order valence-electron chi connectivity index (χ4n) is 4.15. The van der Waals surface area contributed by atoms with Gasteiger partial charge < -0.3 is 10.2 Å². The van der Waals surface area contributed by atoms with Crippen molar-refractivity contribution in [2.24, 2.45) is 0 Å². The van der Waals surface area contributed by atoms with Gasteiger partial charge >= 0.3 is 0 Å². The molecule has 7 nitrogen and oxygen atoms in total. The number of para-hydroxylation sites is 1. The van der Waals surface area contributed by atoms with Crippen LogP contribution in [0.3, 0.4) is 0 Å². The van der Waals surface area contributed by atoms with Crippen LogP contribution in [0.25, 0.3) is 0 Å². The lowest BCUT2D eigenvalue weighted by Crippen LogP contribution is -2.62. The standard InChI is InChI=1S/C18H26N4O3S/c23-17(22-10-4-1-5-11-22)14-21-12-8-18(9-13-21)19-15-6-2-3-7-16(15)26(24,25)20-18/h2-3,6-7,19-20H,1,4-5,8-14H2. The molecule has 3 aliphatic rings. The van der Waals surface area contributed by atoms with Crippen molar-refractivity contribution >= 4 is 21.6 Å². The number of benzene rings is 1. The lowest BCUT2D eigenvalue weighted by atomic mass is 9.97. The summed E-state index contributed by atoms with van der Waals surface area (Å²) in [6.45, 7) is 3.55. The third kappa shape index (κ3) is 3.45. The Bertz CT molecular complexity index is 781. The highest BCUT2D eigenvalue weighted by atomic mass is 32.2. The molecule has 1 aromatic carbocycles. The molecule has 0 aliphatic carbocycles. The van der Waals surface area contributed by atoms with Crippen molar-refractivity contribution in [3.63, 3.8) is 0 Å². The molecular formula is C18H26N4O3S. The minimum Gasteiger partial charge on any atom is -0.365 e. The van der Waals surface area contributed by atoms with Gasteiger partial charge in [-0.2, -0.15) is 4.72 Å². The average Bonchev–Trinajstić information content (AvgIpc) is 2.64. The number of likely N-dealkylation sites (tertiary alicyclic amines) is 2. The van der Waals surface area contributed by atoms with Crippen molar-refractivity contribution in [1.29, 1.82) is 0 Å². The van der Waals surface area contributed by atoms with Crippen molar-refractivity contribution in [3.05, 3.63) is 24.3 Å². The summed E-state index contributed by atoms with van der Waals surface area (Å²) in [5.41, 5.74) is 0.00167. The topological polar surface area (TPSA) is 81.8 Å². The molecule has 2 saturated heterocycles. The quantitative estimate of drug-likeness (QED) is 0.808. The third-order valence-corrected chi connectivity index (χ3v) is 7.25. The predicted octanol–water partition coefficient (Wildman–Crippen LogP) is 1.19. The molecule has 2 N–H and O–H groups in total. The number of hydrogen-bond acceptors (Lipinski definition) is 5. The molecule has 0 saturated carbocycles. The zero-order chi connectivity index (χ0) is 18.2. The molecule has 26 heavy (non-hydrogen) atoms. The molecule has 3 aliphatic heterocycles. The number of nitrogens with zero attached hydrogens (tertiary/aromatic N) is 2. The number of anilines is 1. The Balaban J connectivity index is 1.40. The number of rotatable bonds is 2. The van der Waals surface area contributed by atoms with Crippen molar-refractivity contribution in [2.75, 3.05) is 38.0 Å². The first-order valence-corrected chi connectivity index (χ1v) is 10.9. The van der Waals surface area contributed by atoms with Gasteiger partial charge in [-0.25, -0.2) is 8.42 Å². The van der Waals surface area contributed by atoms with Crippen LogP contribution in [0.5, 0.6) is 0 Å². The summed E-state index contributed by atoms with van der Waals surface area (Å²) in [6, 6.07) is 6.99. The van der Waals surface area contributed by atoms with Gasteiger partial charge in [-0.1, -0.05) is 12.1 Å². The Morgan fingerprint density at radius 3 is 2.46 bits per heavy atom. The highest BCUT2D eigenvalue weighted by molar-refractivity contribution is 7.89. The molecule has 4 rings (SSSR count). The fourth-order valence-corrected chi connectivity index (χ4v) is 5.70. The van der Waals surface area contributed by atoms with Crippen molar-refractivity contribution in [3.8, 4) is 0 Å². The van der Waals surface area contributed by atoms with E-state index in [4.69, 9.17) is 0 Å². The molecule has 8 heteroatoms. The molecule has 0 atom stereocenters. The van der Waals surface area contributed by atoms with E-state index in [0.29, 0.717) is 43.1 Å². The third-order valence-electron chi connectivity index (χ3n) is 5.66. The number of amides is 1. The Morgan fingerprint density at radius 2 is 1.73 bits per heavy atom. The van der Waals surface area contributed by atoms with Crippen molar-refractivity contribution in [1.82, 2.24) is 14.5 Å². The maximum Gasteiger partial charge on any atom is 0.244 e. The Labute approximate surface area is 154 Å². The average molecular weight is 378 g/mol. The number of fused-ring (bicyclic) bond motifs is 1. The second-order valence-electron chi connectivity index (χ2n) is 7.53. The molecule has 142 valence electrons. The minimum atomic E-state index is -3.51. The summed E-state index contributed by atoms with van der Waals surface area (Å²) in [7, 11) is -3.51. The van der Waals surface area contributed by atoms with E-state index in [0.717, 1.165) is 25.9 Å². The van der Waals surface area contributed by atoms with Gasteiger partial charge in [0.25, 0.3) is 0 Å². The zero-order valence-corrected chi connectivity index (χ0v) is 15.7. The first-order valence-electron chi connectivity index (χ1n) is 9.39. The summed E-state index contributed by atoms with van der Waals surface area (Å²) in [4.78, 5) is 16.9. The summed E-state index contributed by atoms with van der Waals surface area (Å²) in [6.07, 6.45) is 4.67. The number of nitrogens with one attached hydrogen (secondary N) is 2. The van der Waals surface area contributed by atoms with E-state index in [1.807, 2.05) is 17.0 Å². The molecule has 0 radical (unpaired) electrons. The van der Waals surface area contributed by atoms with E-state index >= 15 is 0 Å². The van der Waals surface area contributed by atoms with Crippen molar-refractivity contribution in [2.45, 2.75) is 42.7 Å². The monoisotopic (exact) mass is 378 g/mol. The Hall–Kier alpha value is -1.64. The lowest BCUT2D eigenvalue weighted by Gasteiger charge is -2.45. The minimum absolute atomic E-state index is 0.197. The van der Waals surface area contributed by atoms with Crippen LogP contribution in [0.15, 0.2) is 29.2 Å². The molecular weight excluding hydrogens is 352 g/mol. The van der Waals surface area contributed by atoms with Gasteiger partial charge in [0.05, 0.1) is 12.2 Å². The van der Waals surface area contributed by atoms with Gasteiger partial charge in [0.2, 0.25) is 15.9 Å². The van der Waals surface area contributed by atoms with E-state index in [-0.39, 0.29) is 5.91 Å². The van der Waals surface area contributed by atoms with E-state index in [1.165, 1.54) is 6.42 Å². The van der Waals surface area contributed by atoms with Crippen LogP contribution in [0.1, 0.15) is 32.1 Å². The molecule has 0 bridgehead atoms. The number of piperidine rings is 2. The first-order chi connectivity index (χ1) is 12.5. The van der Waals surface area contributed by atoms with Crippen LogP contribution in [0.2, 0.25) is 0 Å². The second kappa shape index (κ2) is 6.83. The van der Waals surface area contributed by atoms with Crippen LogP contribution >= 0.6 is 0 Å². The SMILES string of the molecule is O=C(CN1CCC2(CC1)Nc1ccccc1S(=O)(=O)N2)N1CCCCC1. The van der Waals surface area contributed by atoms with Gasteiger partial charge in [-0.05, 0) is 44.2 Å². The number of carbonyl (C=O) groups is 1. The fraction of sp³-hybridized carbons (Fsp3) is 0.611. The molecule has 0 unspecified atom stereocenters. The van der Waals surface area contributed by atoms with Crippen LogP contribution < -0.4 is 10.0 Å². The molecule has 3 heterocycles. The second-order valence-corrected chi connectivity index (χ2v) is 9.18. The summed E-state index contributed by atoms with van der Waals surface area (Å²) in [5.74, 6) is 0.197. The van der Waals surface area contributed by atoms with Crippen LogP contribution in [0.4, 0.5) is 5.69 Å². The highest BCUT2D eigenvalue weighted by Gasteiger charge is 2.43. The van der Waals surface area contributed by atoms with Gasteiger partial charge in [0, 0.05) is 26.2 Å². The molecule has 1 spiro atoms. The molecule has 1 aromatic rings. The number of sulfonamides is 1. The summed E-state index contributed by atoms with van der Waals surface area (Å²) >= 11 is 0. The maximum absolute atomic E-state index is 12.6. The van der Waals surface area contributed by atoms with Gasteiger partial charge in [0.15, 0.2) is 0 Å². The Kier molecular flexibility index (Phi) is 4.66. The first kappa shape index (κ1) is 17.8. The van der Waals surface area contributed by atoms with Gasteiger partial charge in [-0.15, -0.1) is 0 Å². The Morgan fingerprint density at radius 1 is 1.04 bits per heavy atom. The molecule has 2 fully saturated rings. The molecule has 1 amide bonds. The van der Waals surface area contributed by atoms with Crippen LogP contribution in [-0.4, -0.2) is 62.5 Å². The maximum atomic E-state index is 12.6. The highest BCUT2D eigenvalue weighted by Crippen LogP contribution is 2.34. The van der Waals surface area contributed by atoms with Gasteiger partial charge in [0.1, 0.15) is 10.6 Å². The summed E-state index contributed by atoms with van der Waals surface area (Å²) < 4.78 is 28.0. The summed E-state index contributed by atoms with van der Waals surface area (Å²) in [5, 5.41) is 3.39. The predicted molar refractivity (Wildman–Crippen MR) is 99.2 cm³/mol. The van der Waals surface area contributed by atoms with Crippen molar-refractivity contribution < 1.29 is 13.2 Å². The number of carbonyl (C=O) groups excluding carboxylic acids is 1. The van der Waals surface area contributed by atoms with E-state index in [2.05, 4.69) is 14.9 Å². The van der Waals surface area contributed by atoms with Gasteiger partial charge in [-0.3, -0.25) is 9.69 Å². The van der Waals surface area contributed by atoms with Crippen LogP contribution in [-0.2, 0) is 14.8 Å². The van der Waals surface area contributed by atoms with E-state index < -0.39 is 15.7 Å². The van der Waals surface area contributed by atoms with E-state index in [9.17, 15) is 13.2 Å².